The van der Waals surface area contributed by atoms with Gasteiger partial charge in [0.2, 0.25) is 17.7 Å². The maximum atomic E-state index is 13.6. The van der Waals surface area contributed by atoms with E-state index in [0.29, 0.717) is 24.9 Å². The fourth-order valence-electron chi connectivity index (χ4n) is 6.28. The van der Waals surface area contributed by atoms with Crippen molar-refractivity contribution < 1.29 is 24.3 Å². The van der Waals surface area contributed by atoms with Crippen LogP contribution in [0.3, 0.4) is 0 Å². The number of carbonyl (C=O) groups is 4. The molecule has 1 saturated heterocycles. The molecular formula is C38H52N6O5. The van der Waals surface area contributed by atoms with Crippen molar-refractivity contribution in [3.05, 3.63) is 78.0 Å². The van der Waals surface area contributed by atoms with Gasteiger partial charge in [-0.1, -0.05) is 86.7 Å². The van der Waals surface area contributed by atoms with Crippen LogP contribution in [0.5, 0.6) is 0 Å². The van der Waals surface area contributed by atoms with Crippen LogP contribution in [-0.4, -0.2) is 81.5 Å². The molecule has 0 bridgehead atoms. The van der Waals surface area contributed by atoms with Gasteiger partial charge in [-0.05, 0) is 64.3 Å². The highest BCUT2D eigenvalue weighted by Crippen LogP contribution is 2.20. The number of nitrogens with zero attached hydrogens (tertiary/aromatic N) is 2. The Hall–Kier alpha value is -4.35. The highest BCUT2D eigenvalue weighted by molar-refractivity contribution is 5.98. The third-order valence-corrected chi connectivity index (χ3v) is 8.81. The second kappa shape index (κ2) is 17.9. The molecule has 11 nitrogen and oxygen atoms in total. The monoisotopic (exact) mass is 672 g/mol. The average Bonchev–Trinajstić information content (AvgIpc) is 3.06. The van der Waals surface area contributed by atoms with Crippen molar-refractivity contribution in [2.45, 2.75) is 108 Å². The van der Waals surface area contributed by atoms with Gasteiger partial charge in [-0.2, -0.15) is 0 Å². The summed E-state index contributed by atoms with van der Waals surface area (Å²) in [6.07, 6.45) is 5.71. The molecule has 4 amide bonds. The highest BCUT2D eigenvalue weighted by atomic mass is 16.3. The lowest BCUT2D eigenvalue weighted by Crippen LogP contribution is -2.57. The smallest absolute Gasteiger partial charge is 0.270 e. The number of aromatic nitrogens is 1. The molecule has 1 fully saturated rings. The Morgan fingerprint density at radius 1 is 0.898 bits per heavy atom. The normalized spacial score (nSPS) is 18.1. The van der Waals surface area contributed by atoms with Gasteiger partial charge in [0.1, 0.15) is 11.7 Å². The van der Waals surface area contributed by atoms with E-state index in [1.807, 2.05) is 69.3 Å². The lowest BCUT2D eigenvalue weighted by molar-refractivity contribution is -0.130. The van der Waals surface area contributed by atoms with Gasteiger partial charge in [0, 0.05) is 17.5 Å². The first kappa shape index (κ1) is 37.5. The number of β-amino-alcohol motifs (C(OH)–C–C–N with tert-alkyl or cyclic N) is 1. The summed E-state index contributed by atoms with van der Waals surface area (Å²) in [4.78, 5) is 58.9. The molecule has 0 saturated carbocycles. The van der Waals surface area contributed by atoms with E-state index in [1.54, 1.807) is 18.2 Å². The van der Waals surface area contributed by atoms with Crippen molar-refractivity contribution in [2.24, 2.45) is 5.73 Å². The van der Waals surface area contributed by atoms with Crippen LogP contribution in [0.2, 0.25) is 0 Å². The summed E-state index contributed by atoms with van der Waals surface area (Å²) in [5.41, 5.74) is 6.83. The molecule has 0 radical (unpaired) electrons. The second-order valence-electron chi connectivity index (χ2n) is 14.1. The van der Waals surface area contributed by atoms with Crippen molar-refractivity contribution in [1.82, 2.24) is 25.8 Å². The van der Waals surface area contributed by atoms with Gasteiger partial charge >= 0.3 is 0 Å². The number of hydrogen-bond donors (Lipinski definition) is 5. The standard InChI is InChI=1S/C38H52N6O5/c1-38(2,3)43-37(49)32-19-11-6-4-5-7-14-22-44(32)25-33(45)30(23-26-15-9-8-10-16-26)41-34(46)24-31(35(39)47)42-36(48)29-21-20-27-17-12-13-18-28(27)40-29/h8-10,12-13,15-18,20-21,30-33,45H,4-7,11,14,19,22-25H2,1-3H3,(H2,39,47)(H,41,46)(H,42,48)(H,43,49). The van der Waals surface area contributed by atoms with Crippen molar-refractivity contribution in [2.75, 3.05) is 13.1 Å². The summed E-state index contributed by atoms with van der Waals surface area (Å²) in [6, 6.07) is 17.7. The van der Waals surface area contributed by atoms with E-state index in [1.165, 1.54) is 0 Å². The topological polar surface area (TPSA) is 167 Å². The van der Waals surface area contributed by atoms with Crippen molar-refractivity contribution >= 4 is 34.5 Å². The number of nitrogens with two attached hydrogens (primary N) is 1. The van der Waals surface area contributed by atoms with Crippen molar-refractivity contribution in [3.8, 4) is 0 Å². The number of rotatable bonds is 12. The van der Waals surface area contributed by atoms with Gasteiger partial charge in [0.15, 0.2) is 0 Å². The molecule has 6 N–H and O–H groups in total. The molecule has 4 rings (SSSR count). The second-order valence-corrected chi connectivity index (χ2v) is 14.1. The summed E-state index contributed by atoms with van der Waals surface area (Å²) in [7, 11) is 0. The molecule has 4 atom stereocenters. The summed E-state index contributed by atoms with van der Waals surface area (Å²) in [5, 5.41) is 21.2. The number of aliphatic hydroxyl groups is 1. The quantitative estimate of drug-likeness (QED) is 0.196. The zero-order valence-corrected chi connectivity index (χ0v) is 29.0. The van der Waals surface area contributed by atoms with Gasteiger partial charge in [0.25, 0.3) is 5.91 Å². The summed E-state index contributed by atoms with van der Waals surface area (Å²) in [5.74, 6) is -2.13. The van der Waals surface area contributed by atoms with Crippen molar-refractivity contribution in [1.29, 1.82) is 0 Å². The number of hydrogen-bond acceptors (Lipinski definition) is 7. The van der Waals surface area contributed by atoms with Gasteiger partial charge in [-0.25, -0.2) is 4.98 Å². The number of carbonyl (C=O) groups excluding carboxylic acids is 4. The third-order valence-electron chi connectivity index (χ3n) is 8.81. The molecule has 0 spiro atoms. The first-order valence-corrected chi connectivity index (χ1v) is 17.4. The van der Waals surface area contributed by atoms with E-state index >= 15 is 0 Å². The van der Waals surface area contributed by atoms with Crippen LogP contribution in [0.4, 0.5) is 0 Å². The molecule has 1 aromatic heterocycles. The lowest BCUT2D eigenvalue weighted by Gasteiger charge is -2.37. The van der Waals surface area contributed by atoms with Gasteiger partial charge in [-0.3, -0.25) is 24.1 Å². The predicted octanol–water partition coefficient (Wildman–Crippen LogP) is 3.63. The van der Waals surface area contributed by atoms with E-state index in [0.717, 1.165) is 49.5 Å². The summed E-state index contributed by atoms with van der Waals surface area (Å²) in [6.45, 7) is 6.68. The molecule has 0 aliphatic carbocycles. The zero-order chi connectivity index (χ0) is 35.4. The first-order chi connectivity index (χ1) is 23.4. The predicted molar refractivity (Wildman–Crippen MR) is 190 cm³/mol. The molecule has 49 heavy (non-hydrogen) atoms. The number of para-hydroxylation sites is 1. The Balaban J connectivity index is 1.50. The Kier molecular flexibility index (Phi) is 13.7. The van der Waals surface area contributed by atoms with E-state index in [9.17, 15) is 24.3 Å². The molecule has 3 aromatic rings. The molecule has 1 aliphatic rings. The average molecular weight is 673 g/mol. The largest absolute Gasteiger partial charge is 0.390 e. The molecule has 11 heteroatoms. The number of pyridine rings is 1. The molecule has 1 aliphatic heterocycles. The minimum atomic E-state index is -1.30. The number of benzene rings is 2. The van der Waals surface area contributed by atoms with Crippen LogP contribution < -0.4 is 21.7 Å². The Bertz CT molecular complexity index is 1560. The minimum Gasteiger partial charge on any atom is -0.390 e. The van der Waals surface area contributed by atoms with Crippen LogP contribution in [-0.2, 0) is 20.8 Å². The number of fused-ring (bicyclic) bond motifs is 1. The Morgan fingerprint density at radius 2 is 1.57 bits per heavy atom. The molecule has 2 heterocycles. The molecule has 264 valence electrons. The van der Waals surface area contributed by atoms with Crippen LogP contribution in [0.25, 0.3) is 10.9 Å². The fraction of sp³-hybridized carbons (Fsp3) is 0.500. The van der Waals surface area contributed by atoms with Gasteiger partial charge in [0.05, 0.1) is 30.1 Å². The maximum Gasteiger partial charge on any atom is 0.270 e. The number of primary amides is 1. The van der Waals surface area contributed by atoms with E-state index < -0.39 is 53.9 Å². The fourth-order valence-corrected chi connectivity index (χ4v) is 6.28. The van der Waals surface area contributed by atoms with Gasteiger partial charge < -0.3 is 26.8 Å². The number of aliphatic hydroxyl groups excluding tert-OH is 1. The Morgan fingerprint density at radius 3 is 2.29 bits per heavy atom. The number of nitrogens with one attached hydrogen (secondary N) is 3. The molecule has 2 aromatic carbocycles. The minimum absolute atomic E-state index is 0.0649. The van der Waals surface area contributed by atoms with E-state index in [4.69, 9.17) is 5.73 Å². The SMILES string of the molecule is CC(C)(C)NC(=O)C1CCCCCCCCN1CC(O)C(Cc1ccccc1)NC(=O)CC(NC(=O)c1ccc2ccccc2n1)C(N)=O. The maximum absolute atomic E-state index is 13.6. The van der Waals surface area contributed by atoms with Crippen LogP contribution >= 0.6 is 0 Å². The summed E-state index contributed by atoms with van der Waals surface area (Å²) >= 11 is 0. The lowest BCUT2D eigenvalue weighted by atomic mass is 9.97. The zero-order valence-electron chi connectivity index (χ0n) is 29.0. The van der Waals surface area contributed by atoms with Crippen molar-refractivity contribution in [3.63, 3.8) is 0 Å². The molecule has 4 unspecified atom stereocenters. The Labute approximate surface area is 289 Å². The van der Waals surface area contributed by atoms with E-state index in [2.05, 4.69) is 25.8 Å². The van der Waals surface area contributed by atoms with Crippen LogP contribution in [0, 0.1) is 0 Å². The molecular weight excluding hydrogens is 620 g/mol. The highest BCUT2D eigenvalue weighted by Gasteiger charge is 2.33. The van der Waals surface area contributed by atoms with Gasteiger partial charge in [-0.15, -0.1) is 0 Å². The van der Waals surface area contributed by atoms with E-state index in [-0.39, 0.29) is 18.1 Å². The first-order valence-electron chi connectivity index (χ1n) is 17.4. The van der Waals surface area contributed by atoms with Crippen LogP contribution in [0.1, 0.15) is 88.2 Å². The van der Waals surface area contributed by atoms with Crippen LogP contribution in [0.15, 0.2) is 66.7 Å². The third kappa shape index (κ3) is 11.9. The number of amides is 4. The summed E-state index contributed by atoms with van der Waals surface area (Å²) < 4.78 is 0.